The van der Waals surface area contributed by atoms with Gasteiger partial charge in [-0.3, -0.25) is 14.4 Å². The zero-order valence-electron chi connectivity index (χ0n) is 17.3. The highest BCUT2D eigenvalue weighted by Gasteiger charge is 2.32. The van der Waals surface area contributed by atoms with Crippen molar-refractivity contribution < 1.29 is 14.4 Å². The van der Waals surface area contributed by atoms with Gasteiger partial charge in [-0.15, -0.1) is 11.8 Å². The van der Waals surface area contributed by atoms with Gasteiger partial charge in [-0.2, -0.15) is 0 Å². The number of halogens is 1. The van der Waals surface area contributed by atoms with E-state index >= 15 is 0 Å². The highest BCUT2D eigenvalue weighted by Crippen LogP contribution is 2.25. The summed E-state index contributed by atoms with van der Waals surface area (Å²) in [5.41, 5.74) is 7.39. The Morgan fingerprint density at radius 3 is 2.59 bits per heavy atom. The van der Waals surface area contributed by atoms with Gasteiger partial charge in [0.05, 0.1) is 5.88 Å². The number of primary amides is 1. The van der Waals surface area contributed by atoms with Crippen LogP contribution >= 0.6 is 23.4 Å². The molecule has 3 rings (SSSR count). The molecular weight excluding hydrogens is 412 g/mol. The van der Waals surface area contributed by atoms with E-state index in [0.29, 0.717) is 29.5 Å². The number of nitrogens with zero attached hydrogens (tertiary/aromatic N) is 1. The summed E-state index contributed by atoms with van der Waals surface area (Å²) in [6, 6.07) is 5.16. The standard InChI is InChI=1S/C15H16ClN3O2S.C3H7NO.C2H6/c16-10-2-3-12-11(5-10)9(6-18-12)1-4-14(20)19-8-22-7-13(19)15(17)21;1-3(5)4-2;1-2/h2-3,5-6,13,18H,1,4,7-8H2,(H2,17,21);1-2H3,(H,4,5);1-2H3/t13-;;/m0../s1. The molecule has 29 heavy (non-hydrogen) atoms. The number of aromatic nitrogens is 1. The van der Waals surface area contributed by atoms with Crippen LogP contribution in [0.2, 0.25) is 5.02 Å². The number of nitrogens with two attached hydrogens (primary N) is 1. The molecule has 4 N–H and O–H groups in total. The Morgan fingerprint density at radius 2 is 2.00 bits per heavy atom. The molecule has 0 radical (unpaired) electrons. The zero-order chi connectivity index (χ0) is 22.0. The van der Waals surface area contributed by atoms with Crippen molar-refractivity contribution in [3.63, 3.8) is 0 Å². The van der Waals surface area contributed by atoms with Gasteiger partial charge in [0.2, 0.25) is 17.7 Å². The molecule has 3 amide bonds. The lowest BCUT2D eigenvalue weighted by molar-refractivity contribution is -0.136. The van der Waals surface area contributed by atoms with Gasteiger partial charge >= 0.3 is 0 Å². The van der Waals surface area contributed by atoms with Crippen LogP contribution in [0.3, 0.4) is 0 Å². The molecule has 1 fully saturated rings. The average molecular weight is 441 g/mol. The fourth-order valence-electron chi connectivity index (χ4n) is 2.67. The lowest BCUT2D eigenvalue weighted by Crippen LogP contribution is -2.45. The number of carbonyl (C=O) groups is 3. The van der Waals surface area contributed by atoms with Gasteiger partial charge in [-0.1, -0.05) is 25.4 Å². The molecule has 0 spiro atoms. The molecule has 7 nitrogen and oxygen atoms in total. The zero-order valence-corrected chi connectivity index (χ0v) is 18.8. The number of benzene rings is 1. The van der Waals surface area contributed by atoms with E-state index in [9.17, 15) is 14.4 Å². The van der Waals surface area contributed by atoms with Crippen LogP contribution in [-0.2, 0) is 20.8 Å². The average Bonchev–Trinajstić information content (AvgIpc) is 3.35. The third-order valence-electron chi connectivity index (χ3n) is 4.22. The summed E-state index contributed by atoms with van der Waals surface area (Å²) in [5, 5.41) is 4.09. The number of aromatic amines is 1. The van der Waals surface area contributed by atoms with E-state index in [2.05, 4.69) is 10.3 Å². The maximum Gasteiger partial charge on any atom is 0.241 e. The molecule has 2 aromatic rings. The number of H-pyrrole nitrogens is 1. The van der Waals surface area contributed by atoms with Crippen LogP contribution in [0.25, 0.3) is 10.9 Å². The van der Waals surface area contributed by atoms with E-state index in [-0.39, 0.29) is 11.8 Å². The second kappa shape index (κ2) is 12.4. The summed E-state index contributed by atoms with van der Waals surface area (Å²) >= 11 is 7.58. The van der Waals surface area contributed by atoms with Crippen LogP contribution in [0, 0.1) is 0 Å². The number of hydrogen-bond acceptors (Lipinski definition) is 4. The minimum absolute atomic E-state index is 0.00463. The first-order valence-corrected chi connectivity index (χ1v) is 11.0. The summed E-state index contributed by atoms with van der Waals surface area (Å²) in [5.74, 6) is 0.656. The third-order valence-corrected chi connectivity index (χ3v) is 5.47. The number of nitrogens with one attached hydrogen (secondary N) is 2. The molecule has 0 saturated carbocycles. The minimum Gasteiger partial charge on any atom is -0.368 e. The van der Waals surface area contributed by atoms with Crippen molar-refractivity contribution >= 4 is 52.0 Å². The third kappa shape index (κ3) is 7.29. The number of hydrogen-bond donors (Lipinski definition) is 3. The van der Waals surface area contributed by atoms with Gasteiger partial charge in [-0.05, 0) is 30.2 Å². The van der Waals surface area contributed by atoms with Crippen LogP contribution in [0.5, 0.6) is 0 Å². The Hall–Kier alpha value is -2.19. The van der Waals surface area contributed by atoms with Crippen LogP contribution < -0.4 is 11.1 Å². The molecule has 2 heterocycles. The number of carbonyl (C=O) groups excluding carboxylic acids is 3. The monoisotopic (exact) mass is 440 g/mol. The van der Waals surface area contributed by atoms with Crippen molar-refractivity contribution in [2.24, 2.45) is 5.73 Å². The molecule has 160 valence electrons. The van der Waals surface area contributed by atoms with Crippen molar-refractivity contribution in [3.8, 4) is 0 Å². The largest absolute Gasteiger partial charge is 0.368 e. The smallest absolute Gasteiger partial charge is 0.241 e. The molecule has 0 aliphatic carbocycles. The normalized spacial score (nSPS) is 15.1. The number of aryl methyl sites for hydroxylation is 1. The highest BCUT2D eigenvalue weighted by molar-refractivity contribution is 7.99. The lowest BCUT2D eigenvalue weighted by Gasteiger charge is -2.21. The van der Waals surface area contributed by atoms with Gasteiger partial charge < -0.3 is 20.9 Å². The number of rotatable bonds is 4. The number of fused-ring (bicyclic) bond motifs is 1. The van der Waals surface area contributed by atoms with Gasteiger partial charge in [0.15, 0.2) is 0 Å². The molecule has 1 aromatic carbocycles. The Bertz CT molecular complexity index is 840. The fourth-order valence-corrected chi connectivity index (χ4v) is 4.03. The molecule has 9 heteroatoms. The van der Waals surface area contributed by atoms with E-state index < -0.39 is 11.9 Å². The molecule has 1 aromatic heterocycles. The summed E-state index contributed by atoms with van der Waals surface area (Å²) in [6.07, 6.45) is 2.86. The lowest BCUT2D eigenvalue weighted by atomic mass is 10.1. The predicted molar refractivity (Wildman–Crippen MR) is 120 cm³/mol. The minimum atomic E-state index is -0.477. The Balaban J connectivity index is 0.000000527. The quantitative estimate of drug-likeness (QED) is 0.679. The fraction of sp³-hybridized carbons (Fsp3) is 0.450. The Morgan fingerprint density at radius 1 is 1.34 bits per heavy atom. The molecule has 1 aliphatic rings. The highest BCUT2D eigenvalue weighted by atomic mass is 35.5. The van der Waals surface area contributed by atoms with Crippen LogP contribution in [0.15, 0.2) is 24.4 Å². The van der Waals surface area contributed by atoms with E-state index in [1.807, 2.05) is 38.2 Å². The van der Waals surface area contributed by atoms with Crippen molar-refractivity contribution in [2.45, 2.75) is 39.7 Å². The van der Waals surface area contributed by atoms with Gasteiger partial charge in [0.25, 0.3) is 0 Å². The van der Waals surface area contributed by atoms with Crippen molar-refractivity contribution in [2.75, 3.05) is 18.7 Å². The number of thioether (sulfide) groups is 1. The Kier molecular flexibility index (Phi) is 10.6. The molecule has 1 saturated heterocycles. The second-order valence-electron chi connectivity index (χ2n) is 6.09. The van der Waals surface area contributed by atoms with Crippen LogP contribution in [0.4, 0.5) is 0 Å². The van der Waals surface area contributed by atoms with E-state index in [1.54, 1.807) is 23.7 Å². The SMILES string of the molecule is CC.CNC(C)=O.NC(=O)[C@@H]1CSCN1C(=O)CCc1c[nH]c2ccc(Cl)cc12. The molecular formula is C20H29ClN4O3S. The van der Waals surface area contributed by atoms with Crippen LogP contribution in [0.1, 0.15) is 32.8 Å². The van der Waals surface area contributed by atoms with Crippen LogP contribution in [-0.4, -0.2) is 52.3 Å². The first kappa shape index (κ1) is 24.8. The van der Waals surface area contributed by atoms with Gasteiger partial charge in [0.1, 0.15) is 6.04 Å². The Labute approximate surface area is 180 Å². The maximum absolute atomic E-state index is 12.3. The summed E-state index contributed by atoms with van der Waals surface area (Å²) in [4.78, 5) is 38.1. The second-order valence-corrected chi connectivity index (χ2v) is 7.53. The van der Waals surface area contributed by atoms with E-state index in [1.165, 1.54) is 6.92 Å². The van der Waals surface area contributed by atoms with E-state index in [4.69, 9.17) is 17.3 Å². The first-order valence-electron chi connectivity index (χ1n) is 9.43. The predicted octanol–water partition coefficient (Wildman–Crippen LogP) is 2.92. The number of amides is 3. The molecule has 1 atom stereocenters. The van der Waals surface area contributed by atoms with E-state index in [0.717, 1.165) is 16.5 Å². The molecule has 0 bridgehead atoms. The van der Waals surface area contributed by atoms with Crippen molar-refractivity contribution in [1.29, 1.82) is 0 Å². The molecule has 0 unspecified atom stereocenters. The summed E-state index contributed by atoms with van der Waals surface area (Å²) < 4.78 is 0. The summed E-state index contributed by atoms with van der Waals surface area (Å²) in [6.45, 7) is 5.47. The van der Waals surface area contributed by atoms with Crippen molar-refractivity contribution in [3.05, 3.63) is 35.0 Å². The maximum atomic E-state index is 12.3. The topological polar surface area (TPSA) is 108 Å². The van der Waals surface area contributed by atoms with Gasteiger partial charge in [0, 0.05) is 48.3 Å². The first-order chi connectivity index (χ1) is 13.8. The van der Waals surface area contributed by atoms with Gasteiger partial charge in [-0.25, -0.2) is 0 Å². The summed E-state index contributed by atoms with van der Waals surface area (Å²) in [7, 11) is 1.60. The molecule has 1 aliphatic heterocycles. The van der Waals surface area contributed by atoms with Crippen molar-refractivity contribution in [1.82, 2.24) is 15.2 Å².